The number of carboxylic acids is 1. The summed E-state index contributed by atoms with van der Waals surface area (Å²) in [6.45, 7) is 1.61. The van der Waals surface area contributed by atoms with Gasteiger partial charge in [0.1, 0.15) is 6.04 Å². The van der Waals surface area contributed by atoms with Crippen molar-refractivity contribution in [2.45, 2.75) is 77.2 Å². The van der Waals surface area contributed by atoms with E-state index in [0.29, 0.717) is 6.42 Å². The molecule has 0 spiro atoms. The number of nitrogens with one attached hydrogen (secondary N) is 1. The highest BCUT2D eigenvalue weighted by Crippen LogP contribution is 2.02. The Morgan fingerprint density at radius 1 is 0.821 bits per heavy atom. The predicted molar refractivity (Wildman–Crippen MR) is 115 cm³/mol. The van der Waals surface area contributed by atoms with Crippen LogP contribution in [0.4, 0.5) is 0 Å². The zero-order chi connectivity index (χ0) is 20.9. The second-order valence-corrected chi connectivity index (χ2v) is 6.62. The van der Waals surface area contributed by atoms with Gasteiger partial charge in [-0.05, 0) is 44.9 Å². The first kappa shape index (κ1) is 25.9. The number of aliphatic hydroxyl groups excluding tert-OH is 1. The highest BCUT2D eigenvalue weighted by molar-refractivity contribution is 5.83. The van der Waals surface area contributed by atoms with Crippen molar-refractivity contribution in [1.82, 2.24) is 5.32 Å². The molecule has 1 amide bonds. The van der Waals surface area contributed by atoms with Gasteiger partial charge in [0.25, 0.3) is 0 Å². The molecule has 0 saturated carbocycles. The number of carboxylic acid groups (broad SMARTS) is 1. The van der Waals surface area contributed by atoms with Crippen LogP contribution in [0.1, 0.15) is 71.1 Å². The van der Waals surface area contributed by atoms with Gasteiger partial charge in [0, 0.05) is 6.42 Å². The molecule has 0 aromatic carbocycles. The Morgan fingerprint density at radius 2 is 1.32 bits per heavy atom. The van der Waals surface area contributed by atoms with E-state index in [1.54, 1.807) is 0 Å². The monoisotopic (exact) mass is 391 g/mol. The molecule has 0 rings (SSSR count). The minimum atomic E-state index is -1.22. The molecule has 0 bridgehead atoms. The molecule has 158 valence electrons. The largest absolute Gasteiger partial charge is 0.480 e. The summed E-state index contributed by atoms with van der Waals surface area (Å²) < 4.78 is 0. The Labute approximate surface area is 169 Å². The molecule has 0 heterocycles. The molecule has 0 radical (unpaired) electrons. The standard InChI is InChI=1S/C23H37NO4/c1-2-3-4-5-6-7-8-9-10-11-12-13-14-15-16-17-18-19-22(26)24-21(20-25)23(27)28/h5-6,8-9,11-12,14-15,21,25H,2-4,7,10,13,16-20H2,1H3,(H,24,26)(H,27,28)/b6-5+,9-8+,12-11+,15-14+/t21-/m0/s1. The van der Waals surface area contributed by atoms with E-state index in [-0.39, 0.29) is 12.3 Å². The number of carbonyl (C=O) groups excluding carboxylic acids is 1. The van der Waals surface area contributed by atoms with E-state index in [1.165, 1.54) is 19.3 Å². The van der Waals surface area contributed by atoms with Crippen molar-refractivity contribution in [2.24, 2.45) is 0 Å². The first-order valence-corrected chi connectivity index (χ1v) is 10.3. The molecular formula is C23H37NO4. The molecule has 0 unspecified atom stereocenters. The lowest BCUT2D eigenvalue weighted by Crippen LogP contribution is -2.43. The van der Waals surface area contributed by atoms with Crippen LogP contribution in [0.2, 0.25) is 0 Å². The molecule has 0 fully saturated rings. The Bertz CT molecular complexity index is 521. The number of allylic oxidation sites excluding steroid dienone is 8. The smallest absolute Gasteiger partial charge is 0.328 e. The first-order valence-electron chi connectivity index (χ1n) is 10.3. The molecular weight excluding hydrogens is 354 g/mol. The van der Waals surface area contributed by atoms with Crippen molar-refractivity contribution in [3.8, 4) is 0 Å². The topological polar surface area (TPSA) is 86.6 Å². The summed E-state index contributed by atoms with van der Waals surface area (Å²) in [5.41, 5.74) is 0. The number of aliphatic carboxylic acids is 1. The summed E-state index contributed by atoms with van der Waals surface area (Å²) in [6, 6.07) is -1.21. The summed E-state index contributed by atoms with van der Waals surface area (Å²) in [4.78, 5) is 22.3. The number of hydrogen-bond donors (Lipinski definition) is 3. The lowest BCUT2D eigenvalue weighted by atomic mass is 10.1. The van der Waals surface area contributed by atoms with E-state index in [2.05, 4.69) is 60.8 Å². The van der Waals surface area contributed by atoms with E-state index in [0.717, 1.165) is 32.1 Å². The predicted octanol–water partition coefficient (Wildman–Crippen LogP) is 4.69. The van der Waals surface area contributed by atoms with Crippen molar-refractivity contribution in [2.75, 3.05) is 6.61 Å². The Hall–Kier alpha value is -2.14. The van der Waals surface area contributed by atoms with E-state index < -0.39 is 18.6 Å². The van der Waals surface area contributed by atoms with Gasteiger partial charge in [-0.2, -0.15) is 0 Å². The molecule has 0 aromatic heterocycles. The molecule has 0 aliphatic rings. The maximum absolute atomic E-state index is 11.6. The minimum Gasteiger partial charge on any atom is -0.480 e. The van der Waals surface area contributed by atoms with Gasteiger partial charge in [-0.3, -0.25) is 4.79 Å². The van der Waals surface area contributed by atoms with Crippen molar-refractivity contribution in [1.29, 1.82) is 0 Å². The summed E-state index contributed by atoms with van der Waals surface area (Å²) in [6.07, 6.45) is 26.7. The van der Waals surface area contributed by atoms with Gasteiger partial charge in [0.2, 0.25) is 5.91 Å². The molecule has 0 aliphatic heterocycles. The van der Waals surface area contributed by atoms with Gasteiger partial charge in [-0.15, -0.1) is 0 Å². The third-order valence-corrected chi connectivity index (χ3v) is 4.05. The summed E-state index contributed by atoms with van der Waals surface area (Å²) in [5, 5.41) is 19.9. The Kier molecular flexibility index (Phi) is 18.1. The van der Waals surface area contributed by atoms with E-state index in [4.69, 9.17) is 10.2 Å². The van der Waals surface area contributed by atoms with Crippen LogP contribution in [0.5, 0.6) is 0 Å². The van der Waals surface area contributed by atoms with Gasteiger partial charge in [-0.1, -0.05) is 68.4 Å². The molecule has 5 heteroatoms. The molecule has 3 N–H and O–H groups in total. The van der Waals surface area contributed by atoms with Gasteiger partial charge in [-0.25, -0.2) is 4.79 Å². The summed E-state index contributed by atoms with van der Waals surface area (Å²) in [7, 11) is 0. The average molecular weight is 392 g/mol. The van der Waals surface area contributed by atoms with Crippen molar-refractivity contribution in [3.05, 3.63) is 48.6 Å². The highest BCUT2D eigenvalue weighted by atomic mass is 16.4. The Morgan fingerprint density at radius 3 is 1.79 bits per heavy atom. The third kappa shape index (κ3) is 17.3. The van der Waals surface area contributed by atoms with Crippen LogP contribution in [-0.2, 0) is 9.59 Å². The van der Waals surface area contributed by atoms with Crippen molar-refractivity contribution in [3.63, 3.8) is 0 Å². The molecule has 28 heavy (non-hydrogen) atoms. The van der Waals surface area contributed by atoms with Crippen LogP contribution in [0.25, 0.3) is 0 Å². The SMILES string of the molecule is CCCC/C=C/C/C=C/C/C=C/C/C=C/CCCCC(=O)N[C@@H](CO)C(=O)O. The van der Waals surface area contributed by atoms with E-state index in [9.17, 15) is 9.59 Å². The van der Waals surface area contributed by atoms with Gasteiger partial charge in [0.05, 0.1) is 6.61 Å². The molecule has 0 saturated heterocycles. The first-order chi connectivity index (χ1) is 13.6. The van der Waals surface area contributed by atoms with Crippen molar-refractivity contribution < 1.29 is 19.8 Å². The van der Waals surface area contributed by atoms with E-state index >= 15 is 0 Å². The zero-order valence-corrected chi connectivity index (χ0v) is 17.2. The number of amides is 1. The van der Waals surface area contributed by atoms with Gasteiger partial charge in [0.15, 0.2) is 0 Å². The average Bonchev–Trinajstić information content (AvgIpc) is 2.68. The van der Waals surface area contributed by atoms with Crippen LogP contribution in [-0.4, -0.2) is 34.7 Å². The quantitative estimate of drug-likeness (QED) is 0.248. The molecule has 1 atom stereocenters. The number of hydrogen-bond acceptors (Lipinski definition) is 3. The lowest BCUT2D eigenvalue weighted by molar-refractivity contribution is -0.142. The number of aliphatic hydroxyl groups is 1. The Balaban J connectivity index is 3.59. The third-order valence-electron chi connectivity index (χ3n) is 4.05. The minimum absolute atomic E-state index is 0.275. The number of rotatable bonds is 17. The van der Waals surface area contributed by atoms with Gasteiger partial charge < -0.3 is 15.5 Å². The van der Waals surface area contributed by atoms with Crippen LogP contribution in [0.3, 0.4) is 0 Å². The van der Waals surface area contributed by atoms with Crippen molar-refractivity contribution >= 4 is 11.9 Å². The van der Waals surface area contributed by atoms with Crippen LogP contribution < -0.4 is 5.32 Å². The fourth-order valence-electron chi connectivity index (χ4n) is 2.37. The van der Waals surface area contributed by atoms with Crippen LogP contribution >= 0.6 is 0 Å². The highest BCUT2D eigenvalue weighted by Gasteiger charge is 2.17. The maximum Gasteiger partial charge on any atom is 0.328 e. The van der Waals surface area contributed by atoms with Crippen LogP contribution in [0, 0.1) is 0 Å². The molecule has 0 aromatic rings. The summed E-state index contributed by atoms with van der Waals surface area (Å²) in [5.74, 6) is -1.56. The van der Waals surface area contributed by atoms with E-state index in [1.807, 2.05) is 0 Å². The second-order valence-electron chi connectivity index (χ2n) is 6.62. The number of carbonyl (C=O) groups is 2. The molecule has 5 nitrogen and oxygen atoms in total. The fraction of sp³-hybridized carbons (Fsp3) is 0.565. The van der Waals surface area contributed by atoms with Gasteiger partial charge >= 0.3 is 5.97 Å². The second kappa shape index (κ2) is 19.6. The molecule has 0 aliphatic carbocycles. The number of unbranched alkanes of at least 4 members (excludes halogenated alkanes) is 4. The normalized spacial score (nSPS) is 13.2. The lowest BCUT2D eigenvalue weighted by Gasteiger charge is -2.11. The zero-order valence-electron chi connectivity index (χ0n) is 17.2. The summed E-state index contributed by atoms with van der Waals surface area (Å²) >= 11 is 0. The fourth-order valence-corrected chi connectivity index (χ4v) is 2.37. The van der Waals surface area contributed by atoms with Crippen LogP contribution in [0.15, 0.2) is 48.6 Å². The maximum atomic E-state index is 11.6.